The summed E-state index contributed by atoms with van der Waals surface area (Å²) in [5.74, 6) is -1.41. The predicted octanol–water partition coefficient (Wildman–Crippen LogP) is 0.605. The molecule has 0 aromatic rings. The number of carbonyl (C=O) groups excluding carboxylic acids is 1. The average molecular weight is 288 g/mol. The van der Waals surface area contributed by atoms with E-state index in [1.165, 1.54) is 16.7 Å². The number of amides is 1. The first-order valence-electron chi connectivity index (χ1n) is 6.42. The molecule has 2 saturated heterocycles. The number of nitrogens with zero attached hydrogens (tertiary/aromatic N) is 1. The Kier molecular flexibility index (Phi) is 3.57. The number of thioether (sulfide) groups is 1. The number of carbonyl (C=O) groups is 2. The maximum Gasteiger partial charge on any atom is 0.327 e. The zero-order chi connectivity index (χ0) is 14.4. The fourth-order valence-electron chi connectivity index (χ4n) is 2.57. The molecule has 19 heavy (non-hydrogen) atoms. The minimum atomic E-state index is -1.36. The number of ether oxygens (including phenoxy) is 1. The van der Waals surface area contributed by atoms with Crippen LogP contribution in [0.5, 0.6) is 0 Å². The molecule has 3 N–H and O–H groups in total. The van der Waals surface area contributed by atoms with Gasteiger partial charge in [-0.1, -0.05) is 13.3 Å². The third-order valence-corrected chi connectivity index (χ3v) is 5.24. The van der Waals surface area contributed by atoms with Crippen LogP contribution in [0, 0.1) is 0 Å². The van der Waals surface area contributed by atoms with E-state index in [2.05, 4.69) is 0 Å². The topological polar surface area (TPSA) is 92.9 Å². The summed E-state index contributed by atoms with van der Waals surface area (Å²) in [6.45, 7) is 6.07. The highest BCUT2D eigenvalue weighted by Crippen LogP contribution is 2.54. The lowest BCUT2D eigenvalue weighted by Gasteiger charge is -2.49. The summed E-state index contributed by atoms with van der Waals surface area (Å²) in [5, 5.41) is 8.87. The number of nitrogens with two attached hydrogens (primary N) is 1. The lowest BCUT2D eigenvalue weighted by molar-refractivity contribution is -0.197. The van der Waals surface area contributed by atoms with Crippen LogP contribution in [0.1, 0.15) is 33.6 Å². The Labute approximate surface area is 116 Å². The number of unbranched alkanes of at least 4 members (excludes halogenated alkanes) is 1. The van der Waals surface area contributed by atoms with Crippen molar-refractivity contribution < 1.29 is 19.4 Å². The smallest absolute Gasteiger partial charge is 0.327 e. The van der Waals surface area contributed by atoms with Crippen LogP contribution in [-0.2, 0) is 14.3 Å². The third-order valence-electron chi connectivity index (χ3n) is 3.61. The van der Waals surface area contributed by atoms with Crippen molar-refractivity contribution in [3.05, 3.63) is 0 Å². The van der Waals surface area contributed by atoms with E-state index in [0.29, 0.717) is 6.61 Å². The van der Waals surface area contributed by atoms with Gasteiger partial charge in [0.25, 0.3) is 5.91 Å². The van der Waals surface area contributed by atoms with Gasteiger partial charge in [-0.25, -0.2) is 4.79 Å². The van der Waals surface area contributed by atoms with Gasteiger partial charge >= 0.3 is 5.97 Å². The van der Waals surface area contributed by atoms with Crippen molar-refractivity contribution in [2.75, 3.05) is 6.61 Å². The van der Waals surface area contributed by atoms with Crippen molar-refractivity contribution >= 4 is 23.6 Å². The van der Waals surface area contributed by atoms with E-state index in [1.54, 1.807) is 0 Å². The summed E-state index contributed by atoms with van der Waals surface area (Å²) in [5.41, 5.74) is 4.67. The van der Waals surface area contributed by atoms with E-state index in [0.717, 1.165) is 12.8 Å². The third kappa shape index (κ3) is 2.04. The molecule has 0 saturated carbocycles. The van der Waals surface area contributed by atoms with Gasteiger partial charge in [0, 0.05) is 11.4 Å². The van der Waals surface area contributed by atoms with Gasteiger partial charge in [-0.3, -0.25) is 10.5 Å². The van der Waals surface area contributed by atoms with Crippen LogP contribution in [0.2, 0.25) is 0 Å². The summed E-state index contributed by atoms with van der Waals surface area (Å²) < 4.78 is 4.96. The molecule has 0 aromatic heterocycles. The van der Waals surface area contributed by atoms with E-state index in [-0.39, 0.29) is 0 Å². The maximum atomic E-state index is 12.2. The van der Waals surface area contributed by atoms with Crippen LogP contribution in [0.15, 0.2) is 0 Å². The molecule has 3 atom stereocenters. The van der Waals surface area contributed by atoms with Gasteiger partial charge in [0.2, 0.25) is 5.72 Å². The van der Waals surface area contributed by atoms with Crippen LogP contribution < -0.4 is 5.73 Å². The second-order valence-corrected chi connectivity index (χ2v) is 7.26. The molecule has 0 radical (unpaired) electrons. The number of fused-ring (bicyclic) bond motifs is 1. The van der Waals surface area contributed by atoms with Gasteiger partial charge < -0.3 is 14.7 Å². The highest BCUT2D eigenvalue weighted by Gasteiger charge is 2.71. The number of aliphatic carboxylic acids is 1. The zero-order valence-corrected chi connectivity index (χ0v) is 12.2. The number of carboxylic acids is 1. The fraction of sp³-hybridized carbons (Fsp3) is 0.833. The van der Waals surface area contributed by atoms with Crippen LogP contribution in [0.4, 0.5) is 0 Å². The molecule has 0 bridgehead atoms. The Bertz CT molecular complexity index is 415. The molecule has 0 spiro atoms. The van der Waals surface area contributed by atoms with Crippen molar-refractivity contribution in [3.63, 3.8) is 0 Å². The fourth-order valence-corrected chi connectivity index (χ4v) is 4.17. The Morgan fingerprint density at radius 1 is 1.58 bits per heavy atom. The number of hydrogen-bond donors (Lipinski definition) is 2. The second kappa shape index (κ2) is 4.64. The predicted molar refractivity (Wildman–Crippen MR) is 71.5 cm³/mol. The summed E-state index contributed by atoms with van der Waals surface area (Å²) in [4.78, 5) is 24.8. The maximum absolute atomic E-state index is 12.2. The molecule has 7 heteroatoms. The molecule has 2 aliphatic rings. The molecule has 0 unspecified atom stereocenters. The van der Waals surface area contributed by atoms with Gasteiger partial charge in [0.15, 0.2) is 0 Å². The first-order valence-corrected chi connectivity index (χ1v) is 7.30. The Balaban J connectivity index is 2.16. The van der Waals surface area contributed by atoms with Crippen molar-refractivity contribution in [2.24, 2.45) is 5.73 Å². The Morgan fingerprint density at radius 2 is 2.21 bits per heavy atom. The Morgan fingerprint density at radius 3 is 2.74 bits per heavy atom. The summed E-state index contributed by atoms with van der Waals surface area (Å²) >= 11 is 1.40. The van der Waals surface area contributed by atoms with Gasteiger partial charge in [-0.2, -0.15) is 0 Å². The zero-order valence-electron chi connectivity index (χ0n) is 11.4. The largest absolute Gasteiger partial charge is 0.480 e. The standard InChI is InChI=1S/C12H20N2O4S/c1-4-5-6-18-12(13)9(17)14-7(8(15)16)11(2,3)19-10(12)14/h7,10H,4-6,13H2,1-3H3,(H,15,16)/t7-,10+,12+/m0/s1. The number of hydrogen-bond acceptors (Lipinski definition) is 5. The van der Waals surface area contributed by atoms with Crippen molar-refractivity contribution in [1.82, 2.24) is 4.90 Å². The van der Waals surface area contributed by atoms with Crippen molar-refractivity contribution in [2.45, 2.75) is 55.5 Å². The summed E-state index contributed by atoms with van der Waals surface area (Å²) in [6.07, 6.45) is 1.78. The molecular weight excluding hydrogens is 268 g/mol. The second-order valence-electron chi connectivity index (χ2n) is 5.52. The van der Waals surface area contributed by atoms with E-state index in [4.69, 9.17) is 10.5 Å². The van der Waals surface area contributed by atoms with Crippen LogP contribution in [-0.4, -0.2) is 50.4 Å². The van der Waals surface area contributed by atoms with Crippen molar-refractivity contribution in [1.29, 1.82) is 0 Å². The average Bonchev–Trinajstić information content (AvgIpc) is 2.59. The molecule has 0 aromatic carbocycles. The minimum Gasteiger partial charge on any atom is -0.480 e. The molecule has 2 aliphatic heterocycles. The first kappa shape index (κ1) is 14.6. The van der Waals surface area contributed by atoms with Gasteiger partial charge in [-0.05, 0) is 20.3 Å². The van der Waals surface area contributed by atoms with E-state index >= 15 is 0 Å². The number of rotatable bonds is 5. The normalized spacial score (nSPS) is 36.0. The first-order chi connectivity index (χ1) is 8.75. The molecule has 6 nitrogen and oxygen atoms in total. The molecule has 108 valence electrons. The van der Waals surface area contributed by atoms with Crippen LogP contribution >= 0.6 is 11.8 Å². The SMILES string of the molecule is CCCCO[C@]1(N)C(=O)N2[C@@H](C(=O)O)C(C)(C)S[C@@H]21. The molecule has 0 aliphatic carbocycles. The molecule has 1 amide bonds. The highest BCUT2D eigenvalue weighted by atomic mass is 32.2. The van der Waals surface area contributed by atoms with Crippen LogP contribution in [0.25, 0.3) is 0 Å². The van der Waals surface area contributed by atoms with Gasteiger partial charge in [-0.15, -0.1) is 11.8 Å². The molecule has 2 heterocycles. The molecule has 2 fully saturated rings. The molecular formula is C12H20N2O4S. The van der Waals surface area contributed by atoms with E-state index in [9.17, 15) is 14.7 Å². The Hall–Kier alpha value is -0.790. The summed E-state index contributed by atoms with van der Waals surface area (Å²) in [7, 11) is 0. The highest BCUT2D eigenvalue weighted by molar-refractivity contribution is 8.01. The van der Waals surface area contributed by atoms with E-state index < -0.39 is 33.8 Å². The van der Waals surface area contributed by atoms with Crippen molar-refractivity contribution in [3.8, 4) is 0 Å². The monoisotopic (exact) mass is 288 g/mol. The lowest BCUT2D eigenvalue weighted by atomic mass is 9.94. The van der Waals surface area contributed by atoms with Gasteiger partial charge in [0.1, 0.15) is 11.4 Å². The van der Waals surface area contributed by atoms with E-state index in [1.807, 2.05) is 20.8 Å². The lowest BCUT2D eigenvalue weighted by Crippen LogP contribution is -2.78. The quantitative estimate of drug-likeness (QED) is 0.437. The summed E-state index contributed by atoms with van der Waals surface area (Å²) in [6, 6.07) is -0.846. The van der Waals surface area contributed by atoms with Gasteiger partial charge in [0.05, 0.1) is 0 Å². The minimum absolute atomic E-state index is 0.409. The number of carboxylic acid groups (broad SMARTS) is 1. The molecule has 2 rings (SSSR count). The van der Waals surface area contributed by atoms with Crippen LogP contribution in [0.3, 0.4) is 0 Å². The number of β-lactam (4-membered cyclic amide) rings is 1.